The SMILES string of the molecule is CC(C)S(=O)(=O)NC[C@@](O)([C@H](O)[C@H](C)O)[C@@H](C)O. The van der Waals surface area contributed by atoms with Gasteiger partial charge in [-0.2, -0.15) is 0 Å². The minimum atomic E-state index is -3.64. The van der Waals surface area contributed by atoms with E-state index < -0.39 is 45.7 Å². The standard InChI is InChI=1S/C10H23NO6S/c1-6(2)18(16,17)11-5-10(15,8(4)13)9(14)7(3)12/h6-9,11-15H,5H2,1-4H3/t7-,8+,9+,10-/m0/s1. The molecule has 0 aromatic carbocycles. The topological polar surface area (TPSA) is 127 Å². The molecule has 0 saturated heterocycles. The molecule has 8 heteroatoms. The summed E-state index contributed by atoms with van der Waals surface area (Å²) in [4.78, 5) is 0. The maximum atomic E-state index is 11.5. The van der Waals surface area contributed by atoms with Crippen molar-refractivity contribution in [2.45, 2.75) is 56.9 Å². The Morgan fingerprint density at radius 3 is 1.83 bits per heavy atom. The van der Waals surface area contributed by atoms with Gasteiger partial charge in [-0.25, -0.2) is 13.1 Å². The minimum Gasteiger partial charge on any atom is -0.391 e. The molecule has 0 spiro atoms. The summed E-state index contributed by atoms with van der Waals surface area (Å²) in [7, 11) is -3.64. The van der Waals surface area contributed by atoms with Crippen LogP contribution in [0.5, 0.6) is 0 Å². The van der Waals surface area contributed by atoms with E-state index in [1.807, 2.05) is 0 Å². The summed E-state index contributed by atoms with van der Waals surface area (Å²) in [5.41, 5.74) is -2.16. The van der Waals surface area contributed by atoms with Crippen molar-refractivity contribution < 1.29 is 28.8 Å². The average molecular weight is 285 g/mol. The van der Waals surface area contributed by atoms with Crippen LogP contribution in [0.4, 0.5) is 0 Å². The van der Waals surface area contributed by atoms with Crippen LogP contribution in [0.3, 0.4) is 0 Å². The predicted octanol–water partition coefficient (Wildman–Crippen LogP) is -1.83. The van der Waals surface area contributed by atoms with Crippen molar-refractivity contribution in [1.29, 1.82) is 0 Å². The van der Waals surface area contributed by atoms with E-state index in [-0.39, 0.29) is 0 Å². The van der Waals surface area contributed by atoms with Gasteiger partial charge in [0.2, 0.25) is 10.0 Å². The summed E-state index contributed by atoms with van der Waals surface area (Å²) in [6, 6.07) is 0. The first-order valence-electron chi connectivity index (χ1n) is 5.70. The first-order valence-corrected chi connectivity index (χ1v) is 7.24. The molecular formula is C10H23NO6S. The van der Waals surface area contributed by atoms with Gasteiger partial charge < -0.3 is 20.4 Å². The Bertz CT molecular complexity index is 353. The molecule has 0 radical (unpaired) electrons. The Labute approximate surface area is 108 Å². The lowest BCUT2D eigenvalue weighted by atomic mass is 9.88. The van der Waals surface area contributed by atoms with E-state index in [9.17, 15) is 28.8 Å². The first kappa shape index (κ1) is 17.8. The summed E-state index contributed by atoms with van der Waals surface area (Å²) in [6.07, 6.45) is -4.41. The fourth-order valence-corrected chi connectivity index (χ4v) is 2.07. The highest BCUT2D eigenvalue weighted by Gasteiger charge is 2.43. The Kier molecular flexibility index (Phi) is 6.18. The third-order valence-electron chi connectivity index (χ3n) is 2.87. The Morgan fingerprint density at radius 1 is 1.11 bits per heavy atom. The molecule has 0 aliphatic heterocycles. The normalized spacial score (nSPS) is 21.4. The highest BCUT2D eigenvalue weighted by atomic mass is 32.2. The lowest BCUT2D eigenvalue weighted by molar-refractivity contribution is -0.165. The van der Waals surface area contributed by atoms with Crippen molar-refractivity contribution in [2.24, 2.45) is 0 Å². The van der Waals surface area contributed by atoms with Gasteiger partial charge in [0.15, 0.2) is 0 Å². The monoisotopic (exact) mass is 285 g/mol. The zero-order chi connectivity index (χ0) is 14.7. The van der Waals surface area contributed by atoms with Crippen LogP contribution in [0.15, 0.2) is 0 Å². The maximum Gasteiger partial charge on any atom is 0.214 e. The second kappa shape index (κ2) is 6.27. The van der Waals surface area contributed by atoms with Crippen LogP contribution in [0.1, 0.15) is 27.7 Å². The van der Waals surface area contributed by atoms with Gasteiger partial charge in [0, 0.05) is 6.54 Å². The van der Waals surface area contributed by atoms with E-state index in [4.69, 9.17) is 0 Å². The molecule has 0 rings (SSSR count). The molecule has 0 aromatic heterocycles. The lowest BCUT2D eigenvalue weighted by Gasteiger charge is -2.37. The average Bonchev–Trinajstić information content (AvgIpc) is 2.24. The van der Waals surface area contributed by atoms with Gasteiger partial charge in [0.25, 0.3) is 0 Å². The van der Waals surface area contributed by atoms with Gasteiger partial charge in [-0.3, -0.25) is 0 Å². The Balaban J connectivity index is 4.97. The first-order chi connectivity index (χ1) is 7.95. The smallest absolute Gasteiger partial charge is 0.214 e. The van der Waals surface area contributed by atoms with Crippen LogP contribution in [0.2, 0.25) is 0 Å². The van der Waals surface area contributed by atoms with Crippen LogP contribution in [0, 0.1) is 0 Å². The van der Waals surface area contributed by atoms with E-state index in [0.29, 0.717) is 0 Å². The summed E-state index contributed by atoms with van der Waals surface area (Å²) in [5, 5.41) is 37.7. The molecule has 5 N–H and O–H groups in total. The molecule has 0 aliphatic rings. The van der Waals surface area contributed by atoms with Gasteiger partial charge in [0.05, 0.1) is 17.5 Å². The van der Waals surface area contributed by atoms with E-state index in [1.54, 1.807) is 0 Å². The molecule has 0 heterocycles. The second-order valence-electron chi connectivity index (χ2n) is 4.77. The van der Waals surface area contributed by atoms with E-state index >= 15 is 0 Å². The molecule has 0 saturated carbocycles. The van der Waals surface area contributed by atoms with E-state index in [0.717, 1.165) is 0 Å². The van der Waals surface area contributed by atoms with Crippen molar-refractivity contribution in [3.05, 3.63) is 0 Å². The molecule has 0 unspecified atom stereocenters. The highest BCUT2D eigenvalue weighted by molar-refractivity contribution is 7.90. The molecule has 18 heavy (non-hydrogen) atoms. The number of hydrogen-bond acceptors (Lipinski definition) is 6. The zero-order valence-electron chi connectivity index (χ0n) is 11.0. The van der Waals surface area contributed by atoms with Crippen molar-refractivity contribution in [1.82, 2.24) is 4.72 Å². The maximum absolute atomic E-state index is 11.5. The molecule has 0 amide bonds. The summed E-state index contributed by atoms with van der Waals surface area (Å²) in [6.45, 7) is 4.76. The second-order valence-corrected chi connectivity index (χ2v) is 7.09. The number of hydrogen-bond donors (Lipinski definition) is 5. The summed E-state index contributed by atoms with van der Waals surface area (Å²) >= 11 is 0. The van der Waals surface area contributed by atoms with Crippen molar-refractivity contribution >= 4 is 10.0 Å². The third kappa shape index (κ3) is 4.15. The van der Waals surface area contributed by atoms with E-state index in [2.05, 4.69) is 4.72 Å². The van der Waals surface area contributed by atoms with Gasteiger partial charge in [-0.1, -0.05) is 0 Å². The molecule has 0 aromatic rings. The van der Waals surface area contributed by atoms with Gasteiger partial charge in [-0.05, 0) is 27.7 Å². The van der Waals surface area contributed by atoms with Gasteiger partial charge in [-0.15, -0.1) is 0 Å². The van der Waals surface area contributed by atoms with E-state index in [1.165, 1.54) is 27.7 Å². The third-order valence-corrected chi connectivity index (χ3v) is 4.66. The van der Waals surface area contributed by atoms with Crippen LogP contribution in [-0.2, 0) is 10.0 Å². The molecule has 0 aliphatic carbocycles. The van der Waals surface area contributed by atoms with Crippen LogP contribution in [0.25, 0.3) is 0 Å². The number of rotatable bonds is 7. The molecule has 110 valence electrons. The predicted molar refractivity (Wildman–Crippen MR) is 66.4 cm³/mol. The van der Waals surface area contributed by atoms with Crippen molar-refractivity contribution in [2.75, 3.05) is 6.54 Å². The molecule has 4 atom stereocenters. The number of sulfonamides is 1. The number of nitrogens with one attached hydrogen (secondary N) is 1. The van der Waals surface area contributed by atoms with Crippen LogP contribution >= 0.6 is 0 Å². The largest absolute Gasteiger partial charge is 0.391 e. The quantitative estimate of drug-likeness (QED) is 0.374. The van der Waals surface area contributed by atoms with Crippen LogP contribution < -0.4 is 4.72 Å². The number of aliphatic hydroxyl groups is 4. The molecule has 7 nitrogen and oxygen atoms in total. The number of aliphatic hydroxyl groups excluding tert-OH is 3. The Morgan fingerprint density at radius 2 is 1.56 bits per heavy atom. The lowest BCUT2D eigenvalue weighted by Crippen LogP contribution is -2.61. The zero-order valence-corrected chi connectivity index (χ0v) is 11.8. The fraction of sp³-hybridized carbons (Fsp3) is 1.00. The Hall–Kier alpha value is -0.250. The molecule has 0 fully saturated rings. The molecular weight excluding hydrogens is 262 g/mol. The van der Waals surface area contributed by atoms with Crippen molar-refractivity contribution in [3.63, 3.8) is 0 Å². The van der Waals surface area contributed by atoms with Gasteiger partial charge >= 0.3 is 0 Å². The fourth-order valence-electron chi connectivity index (χ4n) is 1.30. The van der Waals surface area contributed by atoms with Crippen LogP contribution in [-0.4, -0.2) is 64.6 Å². The highest BCUT2D eigenvalue weighted by Crippen LogP contribution is 2.19. The van der Waals surface area contributed by atoms with Gasteiger partial charge in [0.1, 0.15) is 11.7 Å². The minimum absolute atomic E-state index is 0.586. The molecule has 0 bridgehead atoms. The summed E-state index contributed by atoms with van der Waals surface area (Å²) in [5.74, 6) is 0. The summed E-state index contributed by atoms with van der Waals surface area (Å²) < 4.78 is 25.2. The van der Waals surface area contributed by atoms with Crippen molar-refractivity contribution in [3.8, 4) is 0 Å².